The zero-order chi connectivity index (χ0) is 55.7. The quantitative estimate of drug-likeness (QED) is 0.0207. The van der Waals surface area contributed by atoms with Gasteiger partial charge in [0.15, 0.2) is 0 Å². The predicted molar refractivity (Wildman–Crippen MR) is 328 cm³/mol. The zero-order valence-electron chi connectivity index (χ0n) is 49.6. The number of allylic oxidation sites excluding steroid dienone is 6. The van der Waals surface area contributed by atoms with Crippen LogP contribution in [-0.2, 0) is 14.4 Å². The maximum Gasteiger partial charge on any atom is 0.217 e. The maximum atomic E-state index is 10.5. The average molecular weight is 1050 g/mol. The minimum Gasteiger partial charge on any atom is -0.370 e. The molecular weight excluding hydrogens is 919 g/mol. The summed E-state index contributed by atoms with van der Waals surface area (Å²) in [7, 11) is 0. The summed E-state index contributed by atoms with van der Waals surface area (Å²) in [6.07, 6.45) is 65.8. The molecule has 3 amide bonds. The normalized spacial score (nSPS) is 10.9. The van der Waals surface area contributed by atoms with Crippen LogP contribution in [0.2, 0.25) is 0 Å². The monoisotopic (exact) mass is 1050 g/mol. The van der Waals surface area contributed by atoms with E-state index in [1.807, 2.05) is 0 Å². The van der Waals surface area contributed by atoms with Crippen LogP contribution < -0.4 is 50.8 Å². The molecule has 0 unspecified atom stereocenters. The standard InChI is InChI=1S/3C18H35NO.2C4H13N3/c3*1-2-3-4-5-6-7-8-9-10-11-12-13-14-15-16-17-18(19)20;2*5-1-3-7-4-2-6/h3*9-10H,2-8,11-17H2,1H3,(H2,19,20);2*7H,1-6H2/b3*10-9-;;. The molecule has 0 aromatic heterocycles. The van der Waals surface area contributed by atoms with Gasteiger partial charge in [0.25, 0.3) is 0 Å². The number of amides is 3. The van der Waals surface area contributed by atoms with Crippen LogP contribution in [0.1, 0.15) is 290 Å². The van der Waals surface area contributed by atoms with E-state index in [0.717, 1.165) is 64.7 Å². The van der Waals surface area contributed by atoms with E-state index in [9.17, 15) is 14.4 Å². The van der Waals surface area contributed by atoms with Crippen LogP contribution in [0.5, 0.6) is 0 Å². The fraction of sp³-hybridized carbons (Fsp3) is 0.855. The first-order chi connectivity index (χ1) is 36.1. The number of nitrogens with two attached hydrogens (primary N) is 7. The number of nitrogens with one attached hydrogen (secondary N) is 2. The van der Waals surface area contributed by atoms with E-state index in [-0.39, 0.29) is 17.7 Å². The molecule has 74 heavy (non-hydrogen) atoms. The lowest BCUT2D eigenvalue weighted by Crippen LogP contribution is -2.27. The Kier molecular flexibility index (Phi) is 88.7. The zero-order valence-corrected chi connectivity index (χ0v) is 49.6. The molecule has 0 rings (SSSR count). The molecule has 0 radical (unpaired) electrons. The van der Waals surface area contributed by atoms with E-state index in [0.29, 0.717) is 45.4 Å². The third-order valence-electron chi connectivity index (χ3n) is 12.3. The Labute approximate surface area is 460 Å². The van der Waals surface area contributed by atoms with Crippen molar-refractivity contribution >= 4 is 17.7 Å². The molecule has 12 heteroatoms. The van der Waals surface area contributed by atoms with Crippen LogP contribution >= 0.6 is 0 Å². The van der Waals surface area contributed by atoms with E-state index in [4.69, 9.17) is 40.1 Å². The van der Waals surface area contributed by atoms with Crippen molar-refractivity contribution in [3.8, 4) is 0 Å². The van der Waals surface area contributed by atoms with Gasteiger partial charge in [-0.2, -0.15) is 0 Å². The van der Waals surface area contributed by atoms with Crippen LogP contribution in [0.4, 0.5) is 0 Å². The predicted octanol–water partition coefficient (Wildman–Crippen LogP) is 13.5. The van der Waals surface area contributed by atoms with Crippen LogP contribution in [0.3, 0.4) is 0 Å². The Morgan fingerprint density at radius 3 is 0.595 bits per heavy atom. The molecule has 0 aliphatic rings. The van der Waals surface area contributed by atoms with Crippen molar-refractivity contribution in [1.82, 2.24) is 10.6 Å². The largest absolute Gasteiger partial charge is 0.370 e. The third-order valence-corrected chi connectivity index (χ3v) is 12.3. The summed E-state index contributed by atoms with van der Waals surface area (Å²) in [5.41, 5.74) is 36.0. The lowest BCUT2D eigenvalue weighted by atomic mass is 10.1. The molecule has 0 spiro atoms. The molecule has 0 aromatic rings. The molecule has 442 valence electrons. The van der Waals surface area contributed by atoms with Crippen molar-refractivity contribution < 1.29 is 14.4 Å². The van der Waals surface area contributed by atoms with Crippen molar-refractivity contribution in [2.24, 2.45) is 40.1 Å². The van der Waals surface area contributed by atoms with E-state index in [1.54, 1.807) is 0 Å². The van der Waals surface area contributed by atoms with E-state index in [2.05, 4.69) is 67.9 Å². The lowest BCUT2D eigenvalue weighted by Gasteiger charge is -1.99. The highest BCUT2D eigenvalue weighted by molar-refractivity contribution is 5.74. The minimum atomic E-state index is -0.164. The first kappa shape index (κ1) is 80.3. The van der Waals surface area contributed by atoms with Gasteiger partial charge in [-0.3, -0.25) is 14.4 Å². The van der Waals surface area contributed by atoms with E-state index < -0.39 is 0 Å². The van der Waals surface area contributed by atoms with Crippen molar-refractivity contribution in [1.29, 1.82) is 0 Å². The van der Waals surface area contributed by atoms with Crippen LogP contribution in [-0.4, -0.2) is 70.1 Å². The highest BCUT2D eigenvalue weighted by atomic mass is 16.1. The molecule has 0 aliphatic carbocycles. The van der Waals surface area contributed by atoms with Crippen LogP contribution in [0.25, 0.3) is 0 Å². The van der Waals surface area contributed by atoms with Gasteiger partial charge in [-0.25, -0.2) is 0 Å². The Morgan fingerprint density at radius 1 is 0.270 bits per heavy atom. The fourth-order valence-electron chi connectivity index (χ4n) is 7.77. The van der Waals surface area contributed by atoms with Gasteiger partial charge in [0.1, 0.15) is 0 Å². The summed E-state index contributed by atoms with van der Waals surface area (Å²) in [4.78, 5) is 31.6. The average Bonchev–Trinajstić information content (AvgIpc) is 3.38. The summed E-state index contributed by atoms with van der Waals surface area (Å²) >= 11 is 0. The van der Waals surface area contributed by atoms with Crippen molar-refractivity contribution in [3.05, 3.63) is 36.5 Å². The van der Waals surface area contributed by atoms with Gasteiger partial charge in [0.2, 0.25) is 17.7 Å². The number of hydrogen-bond acceptors (Lipinski definition) is 9. The van der Waals surface area contributed by atoms with Crippen molar-refractivity contribution in [2.75, 3.05) is 52.4 Å². The number of carbonyl (C=O) groups is 3. The van der Waals surface area contributed by atoms with Gasteiger partial charge < -0.3 is 50.8 Å². The Hall–Kier alpha value is -2.61. The topological polar surface area (TPSA) is 257 Å². The van der Waals surface area contributed by atoms with Crippen molar-refractivity contribution in [3.63, 3.8) is 0 Å². The number of unbranched alkanes of at least 4 members (excludes halogenated alkanes) is 33. The van der Waals surface area contributed by atoms with Gasteiger partial charge in [-0.1, -0.05) is 211 Å². The number of rotatable bonds is 53. The molecule has 0 aliphatic heterocycles. The fourth-order valence-corrected chi connectivity index (χ4v) is 7.77. The van der Waals surface area contributed by atoms with E-state index >= 15 is 0 Å². The second kappa shape index (κ2) is 81.7. The second-order valence-corrected chi connectivity index (χ2v) is 20.1. The van der Waals surface area contributed by atoms with Gasteiger partial charge in [0.05, 0.1) is 0 Å². The lowest BCUT2D eigenvalue weighted by molar-refractivity contribution is -0.119. The first-order valence-corrected chi connectivity index (χ1v) is 31.2. The molecule has 0 fully saturated rings. The third kappa shape index (κ3) is 102. The summed E-state index contributed by atoms with van der Waals surface area (Å²) in [6.45, 7) is 13.1. The van der Waals surface area contributed by atoms with E-state index in [1.165, 1.54) is 212 Å². The molecule has 0 aromatic carbocycles. The molecule has 16 N–H and O–H groups in total. The summed E-state index contributed by atoms with van der Waals surface area (Å²) in [6, 6.07) is 0. The maximum absolute atomic E-state index is 10.5. The van der Waals surface area contributed by atoms with Gasteiger partial charge in [-0.15, -0.1) is 0 Å². The molecular formula is C62H131N9O3. The summed E-state index contributed by atoms with van der Waals surface area (Å²) in [5, 5.41) is 6.07. The van der Waals surface area contributed by atoms with Gasteiger partial charge >= 0.3 is 0 Å². The Bertz CT molecular complexity index is 986. The van der Waals surface area contributed by atoms with Gasteiger partial charge in [0, 0.05) is 71.6 Å². The summed E-state index contributed by atoms with van der Waals surface area (Å²) in [5.74, 6) is -0.493. The van der Waals surface area contributed by atoms with Crippen LogP contribution in [0.15, 0.2) is 36.5 Å². The molecule has 0 bridgehead atoms. The Morgan fingerprint density at radius 2 is 0.432 bits per heavy atom. The first-order valence-electron chi connectivity index (χ1n) is 31.2. The second-order valence-electron chi connectivity index (χ2n) is 20.1. The highest BCUT2D eigenvalue weighted by Gasteiger charge is 1.97. The molecule has 0 saturated heterocycles. The molecule has 0 saturated carbocycles. The smallest absolute Gasteiger partial charge is 0.217 e. The summed E-state index contributed by atoms with van der Waals surface area (Å²) < 4.78 is 0. The van der Waals surface area contributed by atoms with Crippen molar-refractivity contribution in [2.45, 2.75) is 290 Å². The number of primary amides is 3. The Balaban J connectivity index is -0.000000284. The molecule has 12 nitrogen and oxygen atoms in total. The molecule has 0 atom stereocenters. The van der Waals surface area contributed by atoms with Gasteiger partial charge in [-0.05, 0) is 96.3 Å². The SMILES string of the molecule is CCCCCCCC/C=C\CCCCCCCC(N)=O.CCCCCCCC/C=C\CCCCCCCC(N)=O.CCCCCCCC/C=C\CCCCCCCC(N)=O.NCCNCCN.NCCNCCN. The number of hydrogen-bond donors (Lipinski definition) is 9. The molecule has 0 heterocycles. The minimum absolute atomic E-state index is 0.164. The highest BCUT2D eigenvalue weighted by Crippen LogP contribution is 2.13. The van der Waals surface area contributed by atoms with Crippen LogP contribution in [0, 0.1) is 0 Å². The number of carbonyl (C=O) groups excluding carboxylic acids is 3.